The lowest BCUT2D eigenvalue weighted by molar-refractivity contribution is -0.148. The summed E-state index contributed by atoms with van der Waals surface area (Å²) in [6.07, 6.45) is 0.635. The van der Waals surface area contributed by atoms with E-state index >= 15 is 0 Å². The van der Waals surface area contributed by atoms with E-state index in [1.165, 1.54) is 7.11 Å². The number of rotatable bonds is 1. The number of hydrogen-bond donors (Lipinski definition) is 0. The van der Waals surface area contributed by atoms with Crippen LogP contribution in [0.25, 0.3) is 0 Å². The first kappa shape index (κ1) is 8.59. The van der Waals surface area contributed by atoms with Gasteiger partial charge in [-0.25, -0.2) is 0 Å². The predicted molar refractivity (Wildman–Crippen MR) is 42.5 cm³/mol. The van der Waals surface area contributed by atoms with E-state index in [2.05, 4.69) is 4.74 Å². The van der Waals surface area contributed by atoms with E-state index in [1.54, 1.807) is 11.8 Å². The third kappa shape index (κ3) is 1.96. The molecule has 0 aromatic rings. The van der Waals surface area contributed by atoms with Crippen LogP contribution in [0, 0.1) is 5.92 Å². The van der Waals surface area contributed by atoms with Crippen LogP contribution in [-0.2, 0) is 14.3 Å². The van der Waals surface area contributed by atoms with E-state index in [-0.39, 0.29) is 11.8 Å². The lowest BCUT2D eigenvalue weighted by Gasteiger charge is -2.17. The van der Waals surface area contributed by atoms with Gasteiger partial charge in [-0.15, -0.1) is 0 Å². The zero-order valence-electron chi connectivity index (χ0n) is 6.33. The highest BCUT2D eigenvalue weighted by Crippen LogP contribution is 2.20. The zero-order chi connectivity index (χ0) is 8.27. The maximum atomic E-state index is 11.1. The average molecular weight is 174 g/mol. The van der Waals surface area contributed by atoms with Gasteiger partial charge in [0.15, 0.2) is 5.78 Å². The van der Waals surface area contributed by atoms with Gasteiger partial charge >= 0.3 is 5.97 Å². The summed E-state index contributed by atoms with van der Waals surface area (Å²) in [4.78, 5) is 22.0. The smallest absolute Gasteiger partial charge is 0.316 e. The van der Waals surface area contributed by atoms with Crippen LogP contribution in [0.3, 0.4) is 0 Å². The van der Waals surface area contributed by atoms with Crippen LogP contribution in [0.5, 0.6) is 0 Å². The van der Waals surface area contributed by atoms with Crippen LogP contribution in [0.1, 0.15) is 6.42 Å². The van der Waals surface area contributed by atoms with Gasteiger partial charge in [-0.1, -0.05) is 0 Å². The molecule has 1 aliphatic heterocycles. The number of methoxy groups -OCH3 is 1. The summed E-state index contributed by atoms with van der Waals surface area (Å²) >= 11 is 1.58. The molecule has 0 bridgehead atoms. The van der Waals surface area contributed by atoms with Crippen LogP contribution in [0.2, 0.25) is 0 Å². The third-order valence-electron chi connectivity index (χ3n) is 1.67. The largest absolute Gasteiger partial charge is 0.468 e. The standard InChI is InChI=1S/C7H10O3S/c1-10-7(9)5-2-3-11-4-6(5)8/h5H,2-4H2,1H3/t5-/m0/s1. The molecule has 0 amide bonds. The summed E-state index contributed by atoms with van der Waals surface area (Å²) in [6, 6.07) is 0. The molecule has 1 fully saturated rings. The highest BCUT2D eigenvalue weighted by atomic mass is 32.2. The van der Waals surface area contributed by atoms with Crippen molar-refractivity contribution >= 4 is 23.5 Å². The topological polar surface area (TPSA) is 43.4 Å². The molecule has 11 heavy (non-hydrogen) atoms. The summed E-state index contributed by atoms with van der Waals surface area (Å²) in [6.45, 7) is 0. The van der Waals surface area contributed by atoms with Crippen molar-refractivity contribution in [3.05, 3.63) is 0 Å². The lowest BCUT2D eigenvalue weighted by atomic mass is 10.0. The summed E-state index contributed by atoms with van der Waals surface area (Å²) in [7, 11) is 1.32. The Bertz CT molecular complexity index is 171. The van der Waals surface area contributed by atoms with Crippen LogP contribution < -0.4 is 0 Å². The number of ether oxygens (including phenoxy) is 1. The molecule has 0 unspecified atom stereocenters. The van der Waals surface area contributed by atoms with Gasteiger partial charge in [0, 0.05) is 0 Å². The number of Topliss-reactive ketones (excluding diaryl/α,β-unsaturated/α-hetero) is 1. The normalized spacial score (nSPS) is 24.8. The van der Waals surface area contributed by atoms with Gasteiger partial charge in [-0.05, 0) is 12.2 Å². The molecule has 1 saturated heterocycles. The highest BCUT2D eigenvalue weighted by molar-refractivity contribution is 8.00. The molecule has 0 N–H and O–H groups in total. The Morgan fingerprint density at radius 3 is 3.00 bits per heavy atom. The molecule has 0 saturated carbocycles. The average Bonchev–Trinajstić information content (AvgIpc) is 2.04. The Labute approximate surface area is 69.5 Å². The van der Waals surface area contributed by atoms with Crippen molar-refractivity contribution < 1.29 is 14.3 Å². The number of carbonyl (C=O) groups is 2. The van der Waals surface area contributed by atoms with Gasteiger partial charge in [0.2, 0.25) is 0 Å². The first-order valence-corrected chi connectivity index (χ1v) is 4.59. The molecule has 62 valence electrons. The molecule has 1 aliphatic rings. The molecule has 0 aromatic carbocycles. The predicted octanol–water partition coefficient (Wildman–Crippen LogP) is 0.482. The van der Waals surface area contributed by atoms with Gasteiger partial charge < -0.3 is 4.74 Å². The van der Waals surface area contributed by atoms with Crippen LogP contribution in [0.4, 0.5) is 0 Å². The van der Waals surface area contributed by atoms with E-state index in [0.29, 0.717) is 12.2 Å². The van der Waals surface area contributed by atoms with Crippen molar-refractivity contribution in [2.45, 2.75) is 6.42 Å². The van der Waals surface area contributed by atoms with Crippen molar-refractivity contribution in [2.75, 3.05) is 18.6 Å². The van der Waals surface area contributed by atoms with E-state index in [0.717, 1.165) is 5.75 Å². The molecule has 1 atom stereocenters. The summed E-state index contributed by atoms with van der Waals surface area (Å²) in [5, 5.41) is 0. The minimum absolute atomic E-state index is 0.00750. The van der Waals surface area contributed by atoms with Crippen molar-refractivity contribution in [3.63, 3.8) is 0 Å². The fourth-order valence-electron chi connectivity index (χ4n) is 1.03. The fourth-order valence-corrected chi connectivity index (χ4v) is 1.98. The van der Waals surface area contributed by atoms with Crippen molar-refractivity contribution in [1.82, 2.24) is 0 Å². The number of thioether (sulfide) groups is 1. The second-order valence-corrected chi connectivity index (χ2v) is 3.49. The third-order valence-corrected chi connectivity index (χ3v) is 2.68. The van der Waals surface area contributed by atoms with Crippen LogP contribution >= 0.6 is 11.8 Å². The van der Waals surface area contributed by atoms with E-state index in [4.69, 9.17) is 0 Å². The van der Waals surface area contributed by atoms with Crippen molar-refractivity contribution in [3.8, 4) is 0 Å². The van der Waals surface area contributed by atoms with Gasteiger partial charge in [0.1, 0.15) is 5.92 Å². The first-order valence-electron chi connectivity index (χ1n) is 3.44. The Morgan fingerprint density at radius 2 is 2.45 bits per heavy atom. The molecule has 4 heteroatoms. The summed E-state index contributed by atoms with van der Waals surface area (Å²) in [5.41, 5.74) is 0. The minimum atomic E-state index is -0.485. The molecule has 1 heterocycles. The molecular formula is C7H10O3S. The Kier molecular flexibility index (Phi) is 2.93. The second kappa shape index (κ2) is 3.76. The van der Waals surface area contributed by atoms with Crippen LogP contribution in [0.15, 0.2) is 0 Å². The Hall–Kier alpha value is -0.510. The van der Waals surface area contributed by atoms with E-state index in [1.807, 2.05) is 0 Å². The lowest BCUT2D eigenvalue weighted by Crippen LogP contribution is -2.30. The highest BCUT2D eigenvalue weighted by Gasteiger charge is 2.29. The Morgan fingerprint density at radius 1 is 1.73 bits per heavy atom. The molecule has 0 aliphatic carbocycles. The maximum Gasteiger partial charge on any atom is 0.316 e. The monoisotopic (exact) mass is 174 g/mol. The minimum Gasteiger partial charge on any atom is -0.468 e. The van der Waals surface area contributed by atoms with Gasteiger partial charge in [0.25, 0.3) is 0 Å². The summed E-state index contributed by atoms with van der Waals surface area (Å²) < 4.78 is 4.49. The maximum absolute atomic E-state index is 11.1. The SMILES string of the molecule is COC(=O)[C@H]1CCSCC1=O. The molecule has 3 nitrogen and oxygen atoms in total. The van der Waals surface area contributed by atoms with Gasteiger partial charge in [-0.2, -0.15) is 11.8 Å². The molecule has 0 spiro atoms. The number of esters is 1. The molecule has 0 aromatic heterocycles. The number of carbonyl (C=O) groups excluding carboxylic acids is 2. The van der Waals surface area contributed by atoms with Gasteiger partial charge in [0.05, 0.1) is 12.9 Å². The van der Waals surface area contributed by atoms with E-state index in [9.17, 15) is 9.59 Å². The Balaban J connectivity index is 2.54. The van der Waals surface area contributed by atoms with E-state index < -0.39 is 5.92 Å². The number of ketones is 1. The first-order chi connectivity index (χ1) is 5.25. The number of hydrogen-bond acceptors (Lipinski definition) is 4. The van der Waals surface area contributed by atoms with Crippen molar-refractivity contribution in [1.29, 1.82) is 0 Å². The second-order valence-electron chi connectivity index (χ2n) is 2.38. The molecule has 0 radical (unpaired) electrons. The molecular weight excluding hydrogens is 164 g/mol. The quantitative estimate of drug-likeness (QED) is 0.428. The zero-order valence-corrected chi connectivity index (χ0v) is 7.15. The summed E-state index contributed by atoms with van der Waals surface area (Å²) in [5.74, 6) is 0.482. The van der Waals surface area contributed by atoms with Crippen molar-refractivity contribution in [2.24, 2.45) is 5.92 Å². The fraction of sp³-hybridized carbons (Fsp3) is 0.714. The van der Waals surface area contributed by atoms with Crippen LogP contribution in [-0.4, -0.2) is 30.4 Å². The van der Waals surface area contributed by atoms with Gasteiger partial charge in [-0.3, -0.25) is 9.59 Å². The molecule has 1 rings (SSSR count).